The second-order valence-corrected chi connectivity index (χ2v) is 4.55. The highest BCUT2D eigenvalue weighted by atomic mass is 16.5. The Morgan fingerprint density at radius 1 is 1.41 bits per heavy atom. The van der Waals surface area contributed by atoms with Crippen LogP contribution in [0.2, 0.25) is 0 Å². The first-order valence-electron chi connectivity index (χ1n) is 5.95. The lowest BCUT2D eigenvalue weighted by atomic mass is 10.2. The second-order valence-electron chi connectivity index (χ2n) is 4.55. The van der Waals surface area contributed by atoms with Crippen LogP contribution in [0.5, 0.6) is 5.88 Å². The lowest BCUT2D eigenvalue weighted by Crippen LogP contribution is -2.27. The summed E-state index contributed by atoms with van der Waals surface area (Å²) in [5, 5.41) is 0. The van der Waals surface area contributed by atoms with Gasteiger partial charge >= 0.3 is 0 Å². The molecule has 1 unspecified atom stereocenters. The quantitative estimate of drug-likeness (QED) is 0.812. The van der Waals surface area contributed by atoms with E-state index in [2.05, 4.69) is 9.97 Å². The number of anilines is 1. The zero-order chi connectivity index (χ0) is 12.8. The largest absolute Gasteiger partial charge is 0.475 e. The predicted molar refractivity (Wildman–Crippen MR) is 69.3 cm³/mol. The molecule has 1 aromatic rings. The number of nitrogens with zero attached hydrogens (tertiary/aromatic N) is 3. The van der Waals surface area contributed by atoms with Gasteiger partial charge in [-0.05, 0) is 27.2 Å². The average Bonchev–Trinajstić information content (AvgIpc) is 2.25. The van der Waals surface area contributed by atoms with Gasteiger partial charge in [-0.1, -0.05) is 0 Å². The fraction of sp³-hybridized carbons (Fsp3) is 0.667. The molecule has 0 saturated heterocycles. The zero-order valence-electron chi connectivity index (χ0n) is 11.1. The molecule has 1 rings (SSSR count). The third-order valence-electron chi connectivity index (χ3n) is 2.24. The van der Waals surface area contributed by atoms with E-state index in [1.165, 1.54) is 0 Å². The van der Waals surface area contributed by atoms with Crippen molar-refractivity contribution in [2.24, 2.45) is 5.73 Å². The van der Waals surface area contributed by atoms with Crippen molar-refractivity contribution in [1.29, 1.82) is 0 Å². The molecule has 0 saturated carbocycles. The van der Waals surface area contributed by atoms with Gasteiger partial charge in [0.25, 0.3) is 0 Å². The minimum Gasteiger partial charge on any atom is -0.475 e. The van der Waals surface area contributed by atoms with E-state index < -0.39 is 0 Å². The minimum absolute atomic E-state index is 0.118. The lowest BCUT2D eigenvalue weighted by molar-refractivity contribution is 0.232. The minimum atomic E-state index is 0.118. The zero-order valence-corrected chi connectivity index (χ0v) is 11.1. The van der Waals surface area contributed by atoms with Crippen LogP contribution >= 0.6 is 0 Å². The summed E-state index contributed by atoms with van der Waals surface area (Å²) in [4.78, 5) is 10.5. The molecule has 96 valence electrons. The molecule has 2 N–H and O–H groups in total. The molecule has 0 aliphatic rings. The Balaban J connectivity index is 2.63. The predicted octanol–water partition coefficient (Wildman–Crippen LogP) is 1.44. The van der Waals surface area contributed by atoms with E-state index >= 15 is 0 Å². The van der Waals surface area contributed by atoms with Gasteiger partial charge in [0, 0.05) is 31.9 Å². The molecule has 0 spiro atoms. The number of aromatic nitrogens is 2. The molecule has 5 heteroatoms. The van der Waals surface area contributed by atoms with Crippen LogP contribution in [0.3, 0.4) is 0 Å². The molecule has 0 amide bonds. The number of hydrogen-bond acceptors (Lipinski definition) is 5. The van der Waals surface area contributed by atoms with Gasteiger partial charge in [0.1, 0.15) is 0 Å². The highest BCUT2D eigenvalue weighted by Gasteiger charge is 2.07. The van der Waals surface area contributed by atoms with Crippen LogP contribution in [0.1, 0.15) is 27.2 Å². The van der Waals surface area contributed by atoms with Gasteiger partial charge in [0.15, 0.2) is 0 Å². The summed E-state index contributed by atoms with van der Waals surface area (Å²) in [5.74, 6) is 1.28. The SMILES string of the molecule is CC(N)CCN(C)c1nccc(OC(C)C)n1. The lowest BCUT2D eigenvalue weighted by Gasteiger charge is -2.18. The summed E-state index contributed by atoms with van der Waals surface area (Å²) < 4.78 is 5.53. The van der Waals surface area contributed by atoms with Crippen LogP contribution in [-0.2, 0) is 0 Å². The molecule has 0 aliphatic heterocycles. The molecule has 0 aromatic carbocycles. The Morgan fingerprint density at radius 2 is 2.12 bits per heavy atom. The summed E-state index contributed by atoms with van der Waals surface area (Å²) in [6.07, 6.45) is 2.74. The Hall–Kier alpha value is -1.36. The van der Waals surface area contributed by atoms with Crippen molar-refractivity contribution in [3.63, 3.8) is 0 Å². The van der Waals surface area contributed by atoms with Gasteiger partial charge < -0.3 is 15.4 Å². The van der Waals surface area contributed by atoms with Crippen molar-refractivity contribution in [3.8, 4) is 5.88 Å². The third kappa shape index (κ3) is 4.99. The molecule has 1 heterocycles. The molecule has 17 heavy (non-hydrogen) atoms. The first kappa shape index (κ1) is 13.7. The van der Waals surface area contributed by atoms with E-state index in [1.807, 2.05) is 32.7 Å². The Bertz CT molecular complexity index is 341. The fourth-order valence-electron chi connectivity index (χ4n) is 1.32. The summed E-state index contributed by atoms with van der Waals surface area (Å²) >= 11 is 0. The molecule has 0 aliphatic carbocycles. The second kappa shape index (κ2) is 6.39. The van der Waals surface area contributed by atoms with Crippen molar-refractivity contribution < 1.29 is 4.74 Å². The highest BCUT2D eigenvalue weighted by Crippen LogP contribution is 2.13. The summed E-state index contributed by atoms with van der Waals surface area (Å²) in [6, 6.07) is 1.95. The highest BCUT2D eigenvalue weighted by molar-refractivity contribution is 5.30. The van der Waals surface area contributed by atoms with Crippen LogP contribution < -0.4 is 15.4 Å². The van der Waals surface area contributed by atoms with Crippen LogP contribution in [0.15, 0.2) is 12.3 Å². The van der Waals surface area contributed by atoms with Crippen molar-refractivity contribution in [2.45, 2.75) is 39.3 Å². The topological polar surface area (TPSA) is 64.3 Å². The number of hydrogen-bond donors (Lipinski definition) is 1. The maximum atomic E-state index is 5.72. The van der Waals surface area contributed by atoms with E-state index in [0.29, 0.717) is 11.8 Å². The van der Waals surface area contributed by atoms with E-state index in [0.717, 1.165) is 13.0 Å². The molecular formula is C12H22N4O. The maximum absolute atomic E-state index is 5.72. The molecule has 5 nitrogen and oxygen atoms in total. The standard InChI is InChI=1S/C12H22N4O/c1-9(2)17-11-5-7-14-12(15-11)16(4)8-6-10(3)13/h5,7,9-10H,6,8,13H2,1-4H3. The summed E-state index contributed by atoms with van der Waals surface area (Å²) in [5.41, 5.74) is 5.72. The van der Waals surface area contributed by atoms with Crippen LogP contribution in [-0.4, -0.2) is 35.7 Å². The van der Waals surface area contributed by atoms with Gasteiger partial charge in [-0.25, -0.2) is 4.98 Å². The van der Waals surface area contributed by atoms with E-state index in [1.54, 1.807) is 12.3 Å². The smallest absolute Gasteiger partial charge is 0.228 e. The van der Waals surface area contributed by atoms with Gasteiger partial charge in [0.2, 0.25) is 11.8 Å². The summed E-state index contributed by atoms with van der Waals surface area (Å²) in [7, 11) is 1.96. The van der Waals surface area contributed by atoms with Crippen molar-refractivity contribution in [2.75, 3.05) is 18.5 Å². The van der Waals surface area contributed by atoms with Crippen LogP contribution in [0, 0.1) is 0 Å². The Morgan fingerprint density at radius 3 is 2.71 bits per heavy atom. The number of nitrogens with two attached hydrogens (primary N) is 1. The molecular weight excluding hydrogens is 216 g/mol. The van der Waals surface area contributed by atoms with Crippen LogP contribution in [0.25, 0.3) is 0 Å². The number of ether oxygens (including phenoxy) is 1. The van der Waals surface area contributed by atoms with Crippen molar-refractivity contribution >= 4 is 5.95 Å². The third-order valence-corrected chi connectivity index (χ3v) is 2.24. The molecule has 1 aromatic heterocycles. The monoisotopic (exact) mass is 238 g/mol. The fourth-order valence-corrected chi connectivity index (χ4v) is 1.32. The van der Waals surface area contributed by atoms with Gasteiger partial charge in [-0.2, -0.15) is 4.98 Å². The number of rotatable bonds is 6. The van der Waals surface area contributed by atoms with Crippen LogP contribution in [0.4, 0.5) is 5.95 Å². The van der Waals surface area contributed by atoms with E-state index in [-0.39, 0.29) is 12.1 Å². The van der Waals surface area contributed by atoms with E-state index in [4.69, 9.17) is 10.5 Å². The summed E-state index contributed by atoms with van der Waals surface area (Å²) in [6.45, 7) is 6.78. The normalized spacial score (nSPS) is 12.6. The van der Waals surface area contributed by atoms with Crippen molar-refractivity contribution in [1.82, 2.24) is 9.97 Å². The van der Waals surface area contributed by atoms with Gasteiger partial charge in [0.05, 0.1) is 6.10 Å². The average molecular weight is 238 g/mol. The molecule has 0 bridgehead atoms. The Labute approximate surface area is 103 Å². The first-order chi connectivity index (χ1) is 7.99. The van der Waals surface area contributed by atoms with Crippen molar-refractivity contribution in [3.05, 3.63) is 12.3 Å². The molecule has 1 atom stereocenters. The molecule has 0 fully saturated rings. The first-order valence-corrected chi connectivity index (χ1v) is 5.95. The Kier molecular flexibility index (Phi) is 5.15. The van der Waals surface area contributed by atoms with E-state index in [9.17, 15) is 0 Å². The van der Waals surface area contributed by atoms with Gasteiger partial charge in [-0.15, -0.1) is 0 Å². The van der Waals surface area contributed by atoms with Gasteiger partial charge in [-0.3, -0.25) is 0 Å². The maximum Gasteiger partial charge on any atom is 0.228 e. The molecule has 0 radical (unpaired) electrons.